The van der Waals surface area contributed by atoms with E-state index >= 15 is 0 Å². The van der Waals surface area contributed by atoms with Crippen molar-refractivity contribution < 1.29 is 4.74 Å². The van der Waals surface area contributed by atoms with Crippen molar-refractivity contribution in [3.63, 3.8) is 0 Å². The zero-order chi connectivity index (χ0) is 10.3. The summed E-state index contributed by atoms with van der Waals surface area (Å²) in [5.41, 5.74) is 3.78. The standard InChI is InChI=1S/C12H12ClNO/c13-11-4-9-1-2-15-12(9)10(5-11)3-8-6-14-7-8/h3-5,14H,1-2,6-7H2. The van der Waals surface area contributed by atoms with E-state index in [9.17, 15) is 0 Å². The van der Waals surface area contributed by atoms with Gasteiger partial charge in [-0.15, -0.1) is 0 Å². The number of rotatable bonds is 1. The van der Waals surface area contributed by atoms with Gasteiger partial charge in [-0.2, -0.15) is 0 Å². The van der Waals surface area contributed by atoms with Gasteiger partial charge in [0.2, 0.25) is 0 Å². The van der Waals surface area contributed by atoms with Gasteiger partial charge in [0.25, 0.3) is 0 Å². The minimum atomic E-state index is 0.782. The van der Waals surface area contributed by atoms with E-state index in [1.807, 2.05) is 12.1 Å². The monoisotopic (exact) mass is 221 g/mol. The van der Waals surface area contributed by atoms with Gasteiger partial charge in [0.1, 0.15) is 5.75 Å². The molecule has 1 aromatic carbocycles. The van der Waals surface area contributed by atoms with E-state index in [2.05, 4.69) is 11.4 Å². The van der Waals surface area contributed by atoms with Gasteiger partial charge in [-0.3, -0.25) is 0 Å². The van der Waals surface area contributed by atoms with Crippen molar-refractivity contribution in [1.29, 1.82) is 0 Å². The summed E-state index contributed by atoms with van der Waals surface area (Å²) in [5.74, 6) is 1.03. The van der Waals surface area contributed by atoms with E-state index in [1.54, 1.807) is 0 Å². The predicted molar refractivity (Wildman–Crippen MR) is 61.5 cm³/mol. The van der Waals surface area contributed by atoms with Crippen molar-refractivity contribution in [2.24, 2.45) is 0 Å². The van der Waals surface area contributed by atoms with Crippen molar-refractivity contribution in [3.8, 4) is 5.75 Å². The molecular weight excluding hydrogens is 210 g/mol. The fourth-order valence-electron chi connectivity index (χ4n) is 2.00. The van der Waals surface area contributed by atoms with Crippen molar-refractivity contribution in [2.45, 2.75) is 6.42 Å². The Balaban J connectivity index is 2.06. The molecule has 0 aromatic heterocycles. The van der Waals surface area contributed by atoms with Gasteiger partial charge in [-0.1, -0.05) is 11.6 Å². The highest BCUT2D eigenvalue weighted by Gasteiger charge is 2.17. The molecule has 2 aliphatic rings. The van der Waals surface area contributed by atoms with E-state index in [4.69, 9.17) is 16.3 Å². The lowest BCUT2D eigenvalue weighted by atomic mass is 10.0. The van der Waals surface area contributed by atoms with Crippen molar-refractivity contribution in [2.75, 3.05) is 19.7 Å². The maximum atomic E-state index is 6.07. The van der Waals surface area contributed by atoms with Crippen LogP contribution >= 0.6 is 11.6 Å². The van der Waals surface area contributed by atoms with Crippen molar-refractivity contribution in [1.82, 2.24) is 5.32 Å². The summed E-state index contributed by atoms with van der Waals surface area (Å²) in [7, 11) is 0. The summed E-state index contributed by atoms with van der Waals surface area (Å²) in [4.78, 5) is 0. The number of nitrogens with one attached hydrogen (secondary N) is 1. The molecule has 3 rings (SSSR count). The summed E-state index contributed by atoms with van der Waals surface area (Å²) >= 11 is 6.07. The van der Waals surface area contributed by atoms with Gasteiger partial charge >= 0.3 is 0 Å². The molecule has 0 saturated carbocycles. The van der Waals surface area contributed by atoms with E-state index in [0.29, 0.717) is 0 Å². The van der Waals surface area contributed by atoms with E-state index in [0.717, 1.165) is 42.5 Å². The molecule has 1 saturated heterocycles. The maximum absolute atomic E-state index is 6.07. The third kappa shape index (κ3) is 1.64. The second-order valence-electron chi connectivity index (χ2n) is 3.99. The van der Waals surface area contributed by atoms with Crippen LogP contribution in [0, 0.1) is 0 Å². The highest BCUT2D eigenvalue weighted by Crippen LogP contribution is 2.34. The van der Waals surface area contributed by atoms with Crippen LogP contribution in [0.2, 0.25) is 5.02 Å². The first-order chi connectivity index (χ1) is 7.33. The fraction of sp³-hybridized carbons (Fsp3) is 0.333. The Kier molecular flexibility index (Phi) is 2.19. The Morgan fingerprint density at radius 2 is 2.20 bits per heavy atom. The molecule has 3 heteroatoms. The third-order valence-corrected chi connectivity index (χ3v) is 3.06. The van der Waals surface area contributed by atoms with E-state index in [1.165, 1.54) is 11.1 Å². The molecule has 0 spiro atoms. The van der Waals surface area contributed by atoms with Crippen molar-refractivity contribution in [3.05, 3.63) is 33.9 Å². The minimum Gasteiger partial charge on any atom is -0.492 e. The molecule has 0 unspecified atom stereocenters. The molecule has 1 N–H and O–H groups in total. The molecule has 2 nitrogen and oxygen atoms in total. The van der Waals surface area contributed by atoms with Gasteiger partial charge < -0.3 is 10.1 Å². The Bertz CT molecular complexity index is 433. The largest absolute Gasteiger partial charge is 0.492 e. The second kappa shape index (κ2) is 3.54. The number of benzene rings is 1. The maximum Gasteiger partial charge on any atom is 0.129 e. The highest BCUT2D eigenvalue weighted by atomic mass is 35.5. The number of hydrogen-bond donors (Lipinski definition) is 1. The molecule has 1 fully saturated rings. The summed E-state index contributed by atoms with van der Waals surface area (Å²) in [5, 5.41) is 4.03. The smallest absolute Gasteiger partial charge is 0.129 e. The zero-order valence-electron chi connectivity index (χ0n) is 8.35. The first kappa shape index (κ1) is 9.25. The van der Waals surface area contributed by atoms with Gasteiger partial charge in [-0.25, -0.2) is 0 Å². The molecule has 0 bridgehead atoms. The average Bonchev–Trinajstić information content (AvgIpc) is 2.58. The number of halogens is 1. The molecule has 0 atom stereocenters. The van der Waals surface area contributed by atoms with Crippen LogP contribution in [0.1, 0.15) is 11.1 Å². The van der Waals surface area contributed by atoms with Gasteiger partial charge in [-0.05, 0) is 29.3 Å². The molecule has 0 radical (unpaired) electrons. The Morgan fingerprint density at radius 3 is 2.93 bits per heavy atom. The second-order valence-corrected chi connectivity index (χ2v) is 4.42. The van der Waals surface area contributed by atoms with Crippen LogP contribution in [0.25, 0.3) is 6.08 Å². The van der Waals surface area contributed by atoms with Crippen molar-refractivity contribution >= 4 is 17.7 Å². The number of fused-ring (bicyclic) bond motifs is 1. The van der Waals surface area contributed by atoms with Gasteiger partial charge in [0.15, 0.2) is 0 Å². The average molecular weight is 222 g/mol. The summed E-state index contributed by atoms with van der Waals surface area (Å²) in [6, 6.07) is 3.99. The third-order valence-electron chi connectivity index (χ3n) is 2.84. The first-order valence-corrected chi connectivity index (χ1v) is 5.56. The Labute approximate surface area is 93.9 Å². The molecule has 2 aliphatic heterocycles. The highest BCUT2D eigenvalue weighted by molar-refractivity contribution is 6.30. The molecule has 0 aliphatic carbocycles. The molecular formula is C12H12ClNO. The van der Waals surface area contributed by atoms with Crippen LogP contribution in [0.4, 0.5) is 0 Å². The molecule has 1 aromatic rings. The SMILES string of the molecule is Clc1cc(C=C2CNC2)c2c(c1)CCO2. The van der Waals surface area contributed by atoms with Gasteiger partial charge in [0.05, 0.1) is 6.61 Å². The number of ether oxygens (including phenoxy) is 1. The van der Waals surface area contributed by atoms with Gasteiger partial charge in [0, 0.05) is 30.1 Å². The normalized spacial score (nSPS) is 18.1. The summed E-state index contributed by atoms with van der Waals surface area (Å²) in [6.45, 7) is 2.76. The Hall–Kier alpha value is -0.990. The quantitative estimate of drug-likeness (QED) is 0.786. The first-order valence-electron chi connectivity index (χ1n) is 5.18. The molecule has 15 heavy (non-hydrogen) atoms. The lowest BCUT2D eigenvalue weighted by molar-refractivity contribution is 0.356. The topological polar surface area (TPSA) is 21.3 Å². The lowest BCUT2D eigenvalue weighted by Crippen LogP contribution is -2.33. The fourth-order valence-corrected chi connectivity index (χ4v) is 2.25. The number of hydrogen-bond acceptors (Lipinski definition) is 2. The lowest BCUT2D eigenvalue weighted by Gasteiger charge is -2.19. The zero-order valence-corrected chi connectivity index (χ0v) is 9.10. The Morgan fingerprint density at radius 1 is 1.33 bits per heavy atom. The van der Waals surface area contributed by atoms with Crippen LogP contribution < -0.4 is 10.1 Å². The summed E-state index contributed by atoms with van der Waals surface area (Å²) < 4.78 is 5.63. The van der Waals surface area contributed by atoms with Crippen LogP contribution in [-0.2, 0) is 6.42 Å². The molecule has 78 valence electrons. The predicted octanol–water partition coefficient (Wildman–Crippen LogP) is 2.26. The van der Waals surface area contributed by atoms with E-state index < -0.39 is 0 Å². The van der Waals surface area contributed by atoms with Crippen LogP contribution in [0.3, 0.4) is 0 Å². The van der Waals surface area contributed by atoms with Crippen LogP contribution in [-0.4, -0.2) is 19.7 Å². The van der Waals surface area contributed by atoms with E-state index in [-0.39, 0.29) is 0 Å². The molecule has 0 amide bonds. The summed E-state index contributed by atoms with van der Waals surface area (Å²) in [6.07, 6.45) is 3.16. The molecule has 2 heterocycles. The van der Waals surface area contributed by atoms with Crippen LogP contribution in [0.15, 0.2) is 17.7 Å². The minimum absolute atomic E-state index is 0.782. The van der Waals surface area contributed by atoms with Crippen LogP contribution in [0.5, 0.6) is 5.75 Å².